The van der Waals surface area contributed by atoms with Gasteiger partial charge < -0.3 is 10.1 Å². The molecule has 1 atom stereocenters. The van der Waals surface area contributed by atoms with Crippen LogP contribution in [0.15, 0.2) is 24.3 Å². The van der Waals surface area contributed by atoms with Crippen LogP contribution < -0.4 is 5.32 Å². The average Bonchev–Trinajstić information content (AvgIpc) is 2.87. The SMILES string of the molecule is COCCNC(C)c1nnnn1Cc1cccc(F)c1. The molecule has 1 N–H and O–H groups in total. The van der Waals surface area contributed by atoms with Gasteiger partial charge in [0.05, 0.1) is 19.2 Å². The number of benzene rings is 1. The largest absolute Gasteiger partial charge is 0.383 e. The monoisotopic (exact) mass is 279 g/mol. The number of halogens is 1. The van der Waals surface area contributed by atoms with E-state index in [9.17, 15) is 4.39 Å². The van der Waals surface area contributed by atoms with Crippen molar-refractivity contribution in [1.29, 1.82) is 0 Å². The molecule has 1 aromatic carbocycles. The number of rotatable bonds is 7. The van der Waals surface area contributed by atoms with E-state index in [0.29, 0.717) is 25.5 Å². The Hall–Kier alpha value is -1.86. The van der Waals surface area contributed by atoms with Gasteiger partial charge in [0.1, 0.15) is 5.82 Å². The lowest BCUT2D eigenvalue weighted by Gasteiger charge is -2.13. The number of hydrogen-bond donors (Lipinski definition) is 1. The molecule has 7 heteroatoms. The lowest BCUT2D eigenvalue weighted by Crippen LogP contribution is -2.26. The van der Waals surface area contributed by atoms with Crippen molar-refractivity contribution in [3.63, 3.8) is 0 Å². The molecule has 0 aliphatic rings. The van der Waals surface area contributed by atoms with Gasteiger partial charge >= 0.3 is 0 Å². The number of nitrogens with one attached hydrogen (secondary N) is 1. The van der Waals surface area contributed by atoms with Crippen LogP contribution >= 0.6 is 0 Å². The molecule has 0 saturated heterocycles. The number of methoxy groups -OCH3 is 1. The molecule has 20 heavy (non-hydrogen) atoms. The fourth-order valence-electron chi connectivity index (χ4n) is 1.91. The molecule has 1 aromatic heterocycles. The van der Waals surface area contributed by atoms with Crippen LogP contribution in [-0.2, 0) is 11.3 Å². The molecule has 0 bridgehead atoms. The van der Waals surface area contributed by atoms with Gasteiger partial charge in [0.2, 0.25) is 0 Å². The van der Waals surface area contributed by atoms with Crippen molar-refractivity contribution in [2.75, 3.05) is 20.3 Å². The Morgan fingerprint density at radius 3 is 3.05 bits per heavy atom. The van der Waals surface area contributed by atoms with Gasteiger partial charge in [-0.25, -0.2) is 9.07 Å². The molecule has 0 aliphatic heterocycles. The standard InChI is InChI=1S/C13H18FN5O/c1-10(15-6-7-20-2)13-16-17-18-19(13)9-11-4-3-5-12(14)8-11/h3-5,8,10,15H,6-7,9H2,1-2H3. The topological polar surface area (TPSA) is 64.9 Å². The number of aromatic nitrogens is 4. The summed E-state index contributed by atoms with van der Waals surface area (Å²) in [6.07, 6.45) is 0. The maximum atomic E-state index is 13.2. The molecule has 1 heterocycles. The highest BCUT2D eigenvalue weighted by Crippen LogP contribution is 2.10. The summed E-state index contributed by atoms with van der Waals surface area (Å²) in [7, 11) is 1.65. The van der Waals surface area contributed by atoms with Gasteiger partial charge in [-0.15, -0.1) is 5.10 Å². The molecular weight excluding hydrogens is 261 g/mol. The molecule has 0 fully saturated rings. The van der Waals surface area contributed by atoms with Crippen LogP contribution in [0.2, 0.25) is 0 Å². The first-order valence-electron chi connectivity index (χ1n) is 6.43. The van der Waals surface area contributed by atoms with Crippen molar-refractivity contribution in [2.45, 2.75) is 19.5 Å². The summed E-state index contributed by atoms with van der Waals surface area (Å²) in [5.41, 5.74) is 0.822. The Morgan fingerprint density at radius 2 is 2.30 bits per heavy atom. The number of tetrazole rings is 1. The van der Waals surface area contributed by atoms with E-state index in [-0.39, 0.29) is 11.9 Å². The molecule has 1 unspecified atom stereocenters. The van der Waals surface area contributed by atoms with E-state index >= 15 is 0 Å². The lowest BCUT2D eigenvalue weighted by atomic mass is 10.2. The number of hydrogen-bond acceptors (Lipinski definition) is 5. The zero-order valence-corrected chi connectivity index (χ0v) is 11.6. The third kappa shape index (κ3) is 3.82. The minimum absolute atomic E-state index is 0.00582. The van der Waals surface area contributed by atoms with Gasteiger partial charge in [-0.05, 0) is 35.0 Å². The summed E-state index contributed by atoms with van der Waals surface area (Å²) >= 11 is 0. The second-order valence-electron chi connectivity index (χ2n) is 4.49. The minimum atomic E-state index is -0.261. The van der Waals surface area contributed by atoms with Gasteiger partial charge in [-0.1, -0.05) is 12.1 Å². The van der Waals surface area contributed by atoms with Gasteiger partial charge in [0.25, 0.3) is 0 Å². The zero-order chi connectivity index (χ0) is 14.4. The maximum absolute atomic E-state index is 13.2. The van der Waals surface area contributed by atoms with E-state index in [1.165, 1.54) is 12.1 Å². The molecule has 108 valence electrons. The fraction of sp³-hybridized carbons (Fsp3) is 0.462. The highest BCUT2D eigenvalue weighted by Gasteiger charge is 2.14. The van der Waals surface area contributed by atoms with Crippen molar-refractivity contribution in [2.24, 2.45) is 0 Å². The fourth-order valence-corrected chi connectivity index (χ4v) is 1.91. The van der Waals surface area contributed by atoms with E-state index in [1.807, 2.05) is 13.0 Å². The van der Waals surface area contributed by atoms with Gasteiger partial charge in [-0.3, -0.25) is 0 Å². The van der Waals surface area contributed by atoms with Crippen LogP contribution in [0.4, 0.5) is 4.39 Å². The summed E-state index contributed by atoms with van der Waals surface area (Å²) in [6.45, 7) is 3.75. The molecule has 6 nitrogen and oxygen atoms in total. The Morgan fingerprint density at radius 1 is 1.45 bits per heavy atom. The molecule has 2 rings (SSSR count). The Labute approximate surface area is 116 Å². The third-order valence-corrected chi connectivity index (χ3v) is 2.92. The zero-order valence-electron chi connectivity index (χ0n) is 11.6. The number of nitrogens with zero attached hydrogens (tertiary/aromatic N) is 4. The van der Waals surface area contributed by atoms with Crippen LogP contribution in [0.1, 0.15) is 24.4 Å². The predicted molar refractivity (Wildman–Crippen MR) is 71.6 cm³/mol. The van der Waals surface area contributed by atoms with E-state index in [2.05, 4.69) is 20.8 Å². The van der Waals surface area contributed by atoms with Crippen molar-refractivity contribution in [3.8, 4) is 0 Å². The van der Waals surface area contributed by atoms with Crippen LogP contribution in [0, 0.1) is 5.82 Å². The Bertz CT molecular complexity index is 545. The molecule has 0 saturated carbocycles. The smallest absolute Gasteiger partial charge is 0.168 e. The summed E-state index contributed by atoms with van der Waals surface area (Å²) in [4.78, 5) is 0. The first-order chi connectivity index (χ1) is 9.70. The second-order valence-corrected chi connectivity index (χ2v) is 4.49. The van der Waals surface area contributed by atoms with Gasteiger partial charge in [-0.2, -0.15) is 0 Å². The maximum Gasteiger partial charge on any atom is 0.168 e. The van der Waals surface area contributed by atoms with Crippen molar-refractivity contribution >= 4 is 0 Å². The molecule has 2 aromatic rings. The van der Waals surface area contributed by atoms with Crippen molar-refractivity contribution in [3.05, 3.63) is 41.5 Å². The van der Waals surface area contributed by atoms with Crippen LogP contribution in [0.5, 0.6) is 0 Å². The normalized spacial score (nSPS) is 12.6. The number of ether oxygens (including phenoxy) is 1. The van der Waals surface area contributed by atoms with E-state index < -0.39 is 0 Å². The van der Waals surface area contributed by atoms with Crippen molar-refractivity contribution < 1.29 is 9.13 Å². The molecular formula is C13H18FN5O. The molecule has 0 radical (unpaired) electrons. The van der Waals surface area contributed by atoms with Crippen molar-refractivity contribution in [1.82, 2.24) is 25.5 Å². The predicted octanol–water partition coefficient (Wildman–Crippen LogP) is 1.16. The van der Waals surface area contributed by atoms with E-state index in [1.54, 1.807) is 17.9 Å². The van der Waals surface area contributed by atoms with E-state index in [4.69, 9.17) is 4.74 Å². The first kappa shape index (κ1) is 14.5. The van der Waals surface area contributed by atoms with Gasteiger partial charge in [0.15, 0.2) is 5.82 Å². The molecule has 0 spiro atoms. The van der Waals surface area contributed by atoms with Crippen LogP contribution in [0.25, 0.3) is 0 Å². The van der Waals surface area contributed by atoms with E-state index in [0.717, 1.165) is 5.56 Å². The average molecular weight is 279 g/mol. The third-order valence-electron chi connectivity index (χ3n) is 2.92. The Balaban J connectivity index is 2.04. The minimum Gasteiger partial charge on any atom is -0.383 e. The summed E-state index contributed by atoms with van der Waals surface area (Å²) in [6, 6.07) is 6.41. The molecule has 0 aliphatic carbocycles. The van der Waals surface area contributed by atoms with Crippen LogP contribution in [-0.4, -0.2) is 40.5 Å². The van der Waals surface area contributed by atoms with Gasteiger partial charge in [0, 0.05) is 13.7 Å². The Kier molecular flexibility index (Phi) is 5.14. The van der Waals surface area contributed by atoms with Crippen LogP contribution in [0.3, 0.4) is 0 Å². The highest BCUT2D eigenvalue weighted by atomic mass is 19.1. The lowest BCUT2D eigenvalue weighted by molar-refractivity contribution is 0.196. The summed E-state index contributed by atoms with van der Waals surface area (Å²) < 4.78 is 19.8. The second kappa shape index (κ2) is 7.06. The summed E-state index contributed by atoms with van der Waals surface area (Å²) in [5.74, 6) is 0.453. The summed E-state index contributed by atoms with van der Waals surface area (Å²) in [5, 5.41) is 14.9. The molecule has 0 amide bonds. The quantitative estimate of drug-likeness (QED) is 0.770. The first-order valence-corrected chi connectivity index (χ1v) is 6.43. The highest BCUT2D eigenvalue weighted by molar-refractivity contribution is 5.16.